The first kappa shape index (κ1) is 11.4. The normalized spacial score (nSPS) is 29.4. The molecule has 0 aromatic carbocycles. The number of ketones is 1. The van der Waals surface area contributed by atoms with Gasteiger partial charge in [-0.2, -0.15) is 0 Å². The van der Waals surface area contributed by atoms with E-state index in [1.54, 1.807) is 4.90 Å². The number of hydrogen-bond donors (Lipinski definition) is 0. The third-order valence-electron chi connectivity index (χ3n) is 3.23. The number of rotatable bonds is 0. The van der Waals surface area contributed by atoms with Crippen LogP contribution in [0.5, 0.6) is 0 Å². The van der Waals surface area contributed by atoms with E-state index in [4.69, 9.17) is 4.74 Å². The standard InChI is InChI=1S/C12H19NO3/c1-12(2,3)16-11(15)13-7-8-4-5-9(13)6-10(8)14/h8-9H,4-7H2,1-3H3/t8-,9-/m1/s1. The van der Waals surface area contributed by atoms with Gasteiger partial charge in [0.05, 0.1) is 0 Å². The van der Waals surface area contributed by atoms with Gasteiger partial charge < -0.3 is 9.64 Å². The molecule has 90 valence electrons. The number of nitrogens with zero attached hydrogens (tertiary/aromatic N) is 1. The van der Waals surface area contributed by atoms with E-state index < -0.39 is 5.60 Å². The molecule has 2 aliphatic heterocycles. The Labute approximate surface area is 95.9 Å². The largest absolute Gasteiger partial charge is 0.444 e. The van der Waals surface area contributed by atoms with Crippen LogP contribution < -0.4 is 0 Å². The van der Waals surface area contributed by atoms with E-state index in [9.17, 15) is 9.59 Å². The Hall–Kier alpha value is -1.06. The molecule has 0 unspecified atom stereocenters. The quantitative estimate of drug-likeness (QED) is 0.633. The van der Waals surface area contributed by atoms with Crippen molar-refractivity contribution in [1.29, 1.82) is 0 Å². The lowest BCUT2D eigenvalue weighted by atomic mass is 9.79. The summed E-state index contributed by atoms with van der Waals surface area (Å²) in [7, 11) is 0. The highest BCUT2D eigenvalue weighted by Crippen LogP contribution is 2.33. The van der Waals surface area contributed by atoms with Gasteiger partial charge in [0.1, 0.15) is 11.4 Å². The van der Waals surface area contributed by atoms with Gasteiger partial charge in [0.2, 0.25) is 0 Å². The summed E-state index contributed by atoms with van der Waals surface area (Å²) in [5, 5.41) is 0. The fraction of sp³-hybridized carbons (Fsp3) is 0.833. The monoisotopic (exact) mass is 225 g/mol. The summed E-state index contributed by atoms with van der Waals surface area (Å²) in [4.78, 5) is 25.2. The SMILES string of the molecule is CC(C)(C)OC(=O)N1C[C@H]2CC[C@@H]1CC2=O. The molecule has 3 aliphatic rings. The molecule has 4 heteroatoms. The van der Waals surface area contributed by atoms with E-state index in [2.05, 4.69) is 0 Å². The first-order valence-corrected chi connectivity index (χ1v) is 5.89. The average Bonchev–Trinajstić information content (AvgIpc) is 2.15. The minimum Gasteiger partial charge on any atom is -0.444 e. The van der Waals surface area contributed by atoms with Gasteiger partial charge in [0.25, 0.3) is 0 Å². The zero-order chi connectivity index (χ0) is 11.9. The maximum absolute atomic E-state index is 11.9. The van der Waals surface area contributed by atoms with Crippen molar-refractivity contribution in [2.75, 3.05) is 6.54 Å². The van der Waals surface area contributed by atoms with Crippen molar-refractivity contribution in [1.82, 2.24) is 4.90 Å². The van der Waals surface area contributed by atoms with Crippen LogP contribution in [0.1, 0.15) is 40.0 Å². The third kappa shape index (κ3) is 2.20. The fourth-order valence-electron chi connectivity index (χ4n) is 2.45. The van der Waals surface area contributed by atoms with Crippen molar-refractivity contribution < 1.29 is 14.3 Å². The molecule has 3 rings (SSSR count). The summed E-state index contributed by atoms with van der Waals surface area (Å²) in [5.41, 5.74) is -0.461. The topological polar surface area (TPSA) is 46.6 Å². The van der Waals surface area contributed by atoms with Crippen molar-refractivity contribution in [3.05, 3.63) is 0 Å². The van der Waals surface area contributed by atoms with Crippen LogP contribution in [0.4, 0.5) is 4.79 Å². The molecule has 1 saturated carbocycles. The molecule has 0 aromatic rings. The molecule has 1 amide bonds. The molecule has 0 N–H and O–H groups in total. The number of fused-ring (bicyclic) bond motifs is 3. The predicted octanol–water partition coefficient (Wildman–Crippen LogP) is 1.97. The Bertz CT molecular complexity index is 319. The van der Waals surface area contributed by atoms with Gasteiger partial charge in [-0.1, -0.05) is 0 Å². The van der Waals surface area contributed by atoms with Gasteiger partial charge in [-0.3, -0.25) is 4.79 Å². The lowest BCUT2D eigenvalue weighted by molar-refractivity contribution is -0.131. The van der Waals surface area contributed by atoms with Crippen LogP contribution in [-0.2, 0) is 9.53 Å². The zero-order valence-corrected chi connectivity index (χ0v) is 10.2. The van der Waals surface area contributed by atoms with Gasteiger partial charge in [-0.25, -0.2) is 4.79 Å². The lowest BCUT2D eigenvalue weighted by Crippen LogP contribution is -2.55. The first-order chi connectivity index (χ1) is 7.37. The Balaban J connectivity index is 2.02. The third-order valence-corrected chi connectivity index (χ3v) is 3.23. The number of ether oxygens (including phenoxy) is 1. The molecule has 3 fully saturated rings. The summed E-state index contributed by atoms with van der Waals surface area (Å²) in [6.07, 6.45) is 2.12. The second kappa shape index (κ2) is 3.75. The van der Waals surface area contributed by atoms with Gasteiger partial charge in [-0.05, 0) is 33.6 Å². The maximum atomic E-state index is 11.9. The second-order valence-corrected chi connectivity index (χ2v) is 5.73. The predicted molar refractivity (Wildman–Crippen MR) is 59.1 cm³/mol. The minimum absolute atomic E-state index is 0.0533. The van der Waals surface area contributed by atoms with Crippen LogP contribution in [0.2, 0.25) is 0 Å². The maximum Gasteiger partial charge on any atom is 0.410 e. The Morgan fingerprint density at radius 1 is 1.38 bits per heavy atom. The number of Topliss-reactive ketones (excluding diaryl/α,β-unsaturated/α-hetero) is 1. The van der Waals surface area contributed by atoms with Crippen LogP contribution in [0, 0.1) is 5.92 Å². The van der Waals surface area contributed by atoms with Crippen LogP contribution in [-0.4, -0.2) is 35.0 Å². The molecular weight excluding hydrogens is 206 g/mol. The molecule has 4 nitrogen and oxygen atoms in total. The Morgan fingerprint density at radius 3 is 2.50 bits per heavy atom. The number of carbonyl (C=O) groups excluding carboxylic acids is 2. The van der Waals surface area contributed by atoms with E-state index in [1.807, 2.05) is 20.8 Å². The van der Waals surface area contributed by atoms with Gasteiger partial charge in [0, 0.05) is 24.9 Å². The van der Waals surface area contributed by atoms with E-state index in [0.29, 0.717) is 18.7 Å². The van der Waals surface area contributed by atoms with Gasteiger partial charge in [0.15, 0.2) is 0 Å². The summed E-state index contributed by atoms with van der Waals surface area (Å²) in [5.74, 6) is 0.369. The fourth-order valence-corrected chi connectivity index (χ4v) is 2.45. The smallest absolute Gasteiger partial charge is 0.410 e. The van der Waals surface area contributed by atoms with Crippen molar-refractivity contribution in [3.8, 4) is 0 Å². The number of amides is 1. The summed E-state index contributed by atoms with van der Waals surface area (Å²) in [6, 6.07) is 0.0762. The van der Waals surface area contributed by atoms with Crippen molar-refractivity contribution in [2.45, 2.75) is 51.7 Å². The van der Waals surface area contributed by atoms with Crippen molar-refractivity contribution in [3.63, 3.8) is 0 Å². The average molecular weight is 225 g/mol. The van der Waals surface area contributed by atoms with Crippen molar-refractivity contribution >= 4 is 11.9 Å². The van der Waals surface area contributed by atoms with E-state index in [1.165, 1.54) is 0 Å². The highest BCUT2D eigenvalue weighted by Gasteiger charge is 2.42. The molecule has 2 atom stereocenters. The molecule has 2 heterocycles. The number of carbonyl (C=O) groups is 2. The Kier molecular flexibility index (Phi) is 2.68. The van der Waals surface area contributed by atoms with Gasteiger partial charge >= 0.3 is 6.09 Å². The molecule has 16 heavy (non-hydrogen) atoms. The second-order valence-electron chi connectivity index (χ2n) is 5.73. The highest BCUT2D eigenvalue weighted by atomic mass is 16.6. The lowest BCUT2D eigenvalue weighted by Gasteiger charge is -2.44. The minimum atomic E-state index is -0.461. The first-order valence-electron chi connectivity index (χ1n) is 5.89. The van der Waals surface area contributed by atoms with E-state index in [0.717, 1.165) is 12.8 Å². The number of piperidine rings is 2. The molecule has 2 bridgehead atoms. The molecule has 0 spiro atoms. The molecule has 0 radical (unpaired) electrons. The van der Waals surface area contributed by atoms with Crippen LogP contribution in [0.15, 0.2) is 0 Å². The van der Waals surface area contributed by atoms with Crippen LogP contribution in [0.3, 0.4) is 0 Å². The number of hydrogen-bond acceptors (Lipinski definition) is 3. The van der Waals surface area contributed by atoms with Gasteiger partial charge in [-0.15, -0.1) is 0 Å². The highest BCUT2D eigenvalue weighted by molar-refractivity contribution is 5.85. The van der Waals surface area contributed by atoms with E-state index >= 15 is 0 Å². The van der Waals surface area contributed by atoms with Crippen LogP contribution >= 0.6 is 0 Å². The summed E-state index contributed by atoms with van der Waals surface area (Å²) >= 11 is 0. The molecule has 1 aliphatic carbocycles. The van der Waals surface area contributed by atoms with Crippen LogP contribution in [0.25, 0.3) is 0 Å². The zero-order valence-electron chi connectivity index (χ0n) is 10.2. The summed E-state index contributed by atoms with van der Waals surface area (Å²) in [6.45, 7) is 6.13. The molecular formula is C12H19NO3. The Morgan fingerprint density at radius 2 is 2.06 bits per heavy atom. The summed E-state index contributed by atoms with van der Waals surface area (Å²) < 4.78 is 5.34. The molecule has 0 aromatic heterocycles. The van der Waals surface area contributed by atoms with E-state index in [-0.39, 0.29) is 18.1 Å². The molecule has 2 saturated heterocycles. The van der Waals surface area contributed by atoms with Crippen molar-refractivity contribution in [2.24, 2.45) is 5.92 Å².